The number of anilines is 2. The third kappa shape index (κ3) is 7.55. The summed E-state index contributed by atoms with van der Waals surface area (Å²) in [5.41, 5.74) is 4.42. The average Bonchev–Trinajstić information content (AvgIpc) is 2.82. The first-order chi connectivity index (χ1) is 17.1. The van der Waals surface area contributed by atoms with Crippen LogP contribution < -0.4 is 10.2 Å². The Morgan fingerprint density at radius 2 is 1.56 bits per heavy atom. The van der Waals surface area contributed by atoms with E-state index < -0.39 is 6.04 Å². The molecule has 1 heterocycles. The first-order valence-corrected chi connectivity index (χ1v) is 13.0. The summed E-state index contributed by atoms with van der Waals surface area (Å²) >= 11 is 1.30. The Labute approximate surface area is 218 Å². The van der Waals surface area contributed by atoms with Crippen molar-refractivity contribution in [3.63, 3.8) is 0 Å². The predicted octanol–water partition coefficient (Wildman–Crippen LogP) is 4.94. The number of hydrogen-bond donors (Lipinski definition) is 1. The number of rotatable bonds is 10. The van der Waals surface area contributed by atoms with Crippen LogP contribution in [-0.4, -0.2) is 52.6 Å². The fourth-order valence-corrected chi connectivity index (χ4v) is 4.79. The maximum absolute atomic E-state index is 13.6. The first-order valence-electron chi connectivity index (χ1n) is 12.0. The van der Waals surface area contributed by atoms with Gasteiger partial charge in [0.1, 0.15) is 6.04 Å². The van der Waals surface area contributed by atoms with E-state index in [0.29, 0.717) is 17.4 Å². The van der Waals surface area contributed by atoms with Crippen LogP contribution in [0.5, 0.6) is 0 Å². The second-order valence-corrected chi connectivity index (χ2v) is 10.3. The average molecular weight is 506 g/mol. The molecule has 0 fully saturated rings. The number of hydrogen-bond acceptors (Lipinski definition) is 6. The largest absolute Gasteiger partial charge is 0.378 e. The van der Waals surface area contributed by atoms with Crippen molar-refractivity contribution in [3.05, 3.63) is 77.6 Å². The van der Waals surface area contributed by atoms with Crippen molar-refractivity contribution >= 4 is 35.0 Å². The number of carbonyl (C=O) groups excluding carboxylic acids is 2. The predicted molar refractivity (Wildman–Crippen MR) is 147 cm³/mol. The number of aromatic nitrogens is 2. The first kappa shape index (κ1) is 27.2. The van der Waals surface area contributed by atoms with Gasteiger partial charge in [-0.2, -0.15) is 0 Å². The second kappa shape index (κ2) is 12.5. The molecular weight excluding hydrogens is 470 g/mol. The van der Waals surface area contributed by atoms with E-state index in [9.17, 15) is 9.59 Å². The van der Waals surface area contributed by atoms with Gasteiger partial charge < -0.3 is 15.1 Å². The number of carbonyl (C=O) groups is 2. The Kier molecular flexibility index (Phi) is 9.47. The van der Waals surface area contributed by atoms with Gasteiger partial charge in [0.05, 0.1) is 5.75 Å². The van der Waals surface area contributed by atoms with Gasteiger partial charge in [-0.25, -0.2) is 9.97 Å². The number of nitrogens with one attached hydrogen (secondary N) is 1. The van der Waals surface area contributed by atoms with Crippen LogP contribution in [0.15, 0.2) is 65.8 Å². The minimum atomic E-state index is -0.646. The number of amides is 2. The number of thioether (sulfide) groups is 1. The molecule has 0 spiro atoms. The monoisotopic (exact) mass is 505 g/mol. The van der Waals surface area contributed by atoms with Crippen LogP contribution in [0, 0.1) is 19.8 Å². The lowest BCUT2D eigenvalue weighted by Gasteiger charge is -2.33. The van der Waals surface area contributed by atoms with Gasteiger partial charge in [-0.1, -0.05) is 55.9 Å². The van der Waals surface area contributed by atoms with Gasteiger partial charge >= 0.3 is 0 Å². The van der Waals surface area contributed by atoms with Crippen LogP contribution in [0.25, 0.3) is 0 Å². The molecule has 0 saturated carbocycles. The van der Waals surface area contributed by atoms with E-state index in [1.807, 2.05) is 107 Å². The highest BCUT2D eigenvalue weighted by molar-refractivity contribution is 7.99. The van der Waals surface area contributed by atoms with Crippen LogP contribution in [0.3, 0.4) is 0 Å². The quantitative estimate of drug-likeness (QED) is 0.311. The van der Waals surface area contributed by atoms with Gasteiger partial charge in [0, 0.05) is 43.4 Å². The summed E-state index contributed by atoms with van der Waals surface area (Å²) in [5, 5.41) is 3.58. The summed E-state index contributed by atoms with van der Waals surface area (Å²) in [5.74, 6) is -0.298. The summed E-state index contributed by atoms with van der Waals surface area (Å²) in [6, 6.07) is 18.7. The highest BCUT2D eigenvalue weighted by Crippen LogP contribution is 2.22. The molecule has 1 aromatic heterocycles. The highest BCUT2D eigenvalue weighted by atomic mass is 32.2. The van der Waals surface area contributed by atoms with Gasteiger partial charge in [-0.3, -0.25) is 9.59 Å². The molecule has 0 saturated heterocycles. The molecule has 2 aromatic carbocycles. The van der Waals surface area contributed by atoms with Crippen molar-refractivity contribution in [1.82, 2.24) is 14.9 Å². The number of nitrogens with zero attached hydrogens (tertiary/aromatic N) is 4. The molecule has 0 aliphatic carbocycles. The van der Waals surface area contributed by atoms with E-state index in [-0.39, 0.29) is 23.5 Å². The Morgan fingerprint density at radius 3 is 2.11 bits per heavy atom. The molecule has 0 unspecified atom stereocenters. The molecule has 7 nitrogen and oxygen atoms in total. The van der Waals surface area contributed by atoms with E-state index in [1.54, 1.807) is 4.90 Å². The third-order valence-electron chi connectivity index (χ3n) is 5.69. The molecule has 1 atom stereocenters. The van der Waals surface area contributed by atoms with Crippen LogP contribution in [0.1, 0.15) is 30.8 Å². The molecule has 0 aliphatic heterocycles. The van der Waals surface area contributed by atoms with Crippen LogP contribution in [-0.2, 0) is 16.1 Å². The summed E-state index contributed by atoms with van der Waals surface area (Å²) in [4.78, 5) is 39.7. The lowest BCUT2D eigenvalue weighted by atomic mass is 10.00. The topological polar surface area (TPSA) is 78.4 Å². The Hall–Kier alpha value is -3.39. The minimum absolute atomic E-state index is 0.0961. The van der Waals surface area contributed by atoms with E-state index in [4.69, 9.17) is 0 Å². The van der Waals surface area contributed by atoms with Crippen LogP contribution in [0.4, 0.5) is 11.4 Å². The number of aryl methyl sites for hydroxylation is 2. The highest BCUT2D eigenvalue weighted by Gasteiger charge is 2.32. The summed E-state index contributed by atoms with van der Waals surface area (Å²) in [7, 11) is 3.94. The molecule has 36 heavy (non-hydrogen) atoms. The SMILES string of the molecule is Cc1cc(C)nc(SCC(=O)N(Cc2ccccc2)[C@H](C(=O)Nc2ccc(N(C)C)cc2)C(C)C)n1. The maximum Gasteiger partial charge on any atom is 0.247 e. The lowest BCUT2D eigenvalue weighted by Crippen LogP contribution is -2.50. The molecule has 0 bridgehead atoms. The fraction of sp³-hybridized carbons (Fsp3) is 0.357. The van der Waals surface area contributed by atoms with E-state index in [0.717, 1.165) is 22.6 Å². The molecule has 1 N–H and O–H groups in total. The Morgan fingerprint density at radius 1 is 0.944 bits per heavy atom. The zero-order chi connectivity index (χ0) is 26.2. The fourth-order valence-electron chi connectivity index (χ4n) is 3.95. The Balaban J connectivity index is 1.83. The summed E-state index contributed by atoms with van der Waals surface area (Å²) in [6.07, 6.45) is 0. The molecule has 0 radical (unpaired) electrons. The second-order valence-electron chi connectivity index (χ2n) is 9.35. The van der Waals surface area contributed by atoms with Crippen molar-refractivity contribution in [2.45, 2.75) is 45.4 Å². The Bertz CT molecular complexity index is 1150. The van der Waals surface area contributed by atoms with Crippen molar-refractivity contribution in [1.29, 1.82) is 0 Å². The van der Waals surface area contributed by atoms with E-state index in [2.05, 4.69) is 15.3 Å². The van der Waals surface area contributed by atoms with Crippen LogP contribution >= 0.6 is 11.8 Å². The van der Waals surface area contributed by atoms with Crippen molar-refractivity contribution in [3.8, 4) is 0 Å². The minimum Gasteiger partial charge on any atom is -0.378 e. The summed E-state index contributed by atoms with van der Waals surface area (Å²) < 4.78 is 0. The summed E-state index contributed by atoms with van der Waals surface area (Å²) in [6.45, 7) is 8.08. The number of benzene rings is 2. The van der Waals surface area contributed by atoms with Gasteiger partial charge in [0.15, 0.2) is 5.16 Å². The molecule has 190 valence electrons. The zero-order valence-electron chi connectivity index (χ0n) is 21.9. The van der Waals surface area contributed by atoms with E-state index in [1.165, 1.54) is 11.8 Å². The third-order valence-corrected chi connectivity index (χ3v) is 6.52. The molecule has 8 heteroatoms. The molecule has 3 rings (SSSR count). The standard InChI is InChI=1S/C28H35N5O2S/c1-19(2)26(27(35)31-23-12-14-24(15-13-23)32(5)6)33(17-22-10-8-7-9-11-22)25(34)18-36-28-29-20(3)16-21(4)30-28/h7-16,19,26H,17-18H2,1-6H3,(H,31,35)/t26-/m0/s1. The maximum atomic E-state index is 13.6. The van der Waals surface area contributed by atoms with Gasteiger partial charge in [0.2, 0.25) is 11.8 Å². The molecular formula is C28H35N5O2S. The van der Waals surface area contributed by atoms with E-state index >= 15 is 0 Å². The van der Waals surface area contributed by atoms with Crippen molar-refractivity contribution in [2.75, 3.05) is 30.1 Å². The normalized spacial score (nSPS) is 11.8. The molecule has 2 amide bonds. The van der Waals surface area contributed by atoms with Gasteiger partial charge in [-0.05, 0) is 55.7 Å². The van der Waals surface area contributed by atoms with Gasteiger partial charge in [-0.15, -0.1) is 0 Å². The van der Waals surface area contributed by atoms with Gasteiger partial charge in [0.25, 0.3) is 0 Å². The van der Waals surface area contributed by atoms with Crippen molar-refractivity contribution in [2.24, 2.45) is 5.92 Å². The van der Waals surface area contributed by atoms with Crippen LogP contribution in [0.2, 0.25) is 0 Å². The van der Waals surface area contributed by atoms with Crippen molar-refractivity contribution < 1.29 is 9.59 Å². The lowest BCUT2D eigenvalue weighted by molar-refractivity contribution is -0.138. The molecule has 3 aromatic rings. The zero-order valence-corrected chi connectivity index (χ0v) is 22.7. The molecule has 0 aliphatic rings. The smallest absolute Gasteiger partial charge is 0.247 e.